The number of aromatic amines is 2. The van der Waals surface area contributed by atoms with Crippen molar-refractivity contribution in [1.29, 1.82) is 5.26 Å². The first-order valence-corrected chi connectivity index (χ1v) is 17.0. The highest BCUT2D eigenvalue weighted by molar-refractivity contribution is 7.93. The van der Waals surface area contributed by atoms with Gasteiger partial charge in [-0.15, -0.1) is 0 Å². The minimum absolute atomic E-state index is 0.164. The number of H-pyrrole nitrogens is 2. The summed E-state index contributed by atoms with van der Waals surface area (Å²) in [5.41, 5.74) is -0.409. The van der Waals surface area contributed by atoms with Crippen LogP contribution < -0.4 is 18.9 Å². The number of hydrogen-bond acceptors (Lipinski definition) is 8. The van der Waals surface area contributed by atoms with Crippen molar-refractivity contribution in [2.75, 3.05) is 16.6 Å². The first kappa shape index (κ1) is 36.6. The zero-order chi connectivity index (χ0) is 37.2. The molecule has 0 aliphatic rings. The van der Waals surface area contributed by atoms with Gasteiger partial charge in [0.2, 0.25) is 5.88 Å². The van der Waals surface area contributed by atoms with Crippen LogP contribution in [0.15, 0.2) is 76.8 Å². The molecule has 6 aromatic rings. The number of pyridine rings is 1. The summed E-state index contributed by atoms with van der Waals surface area (Å²) in [6.45, 7) is -3.37. The molecule has 0 amide bonds. The van der Waals surface area contributed by atoms with E-state index in [0.717, 1.165) is 6.20 Å². The minimum Gasteiger partial charge on any atom is -0.481 e. The zero-order valence-electron chi connectivity index (χ0n) is 25.2. The predicted octanol–water partition coefficient (Wildman–Crippen LogP) is 7.02. The van der Waals surface area contributed by atoms with Crippen molar-refractivity contribution in [3.05, 3.63) is 101 Å². The third kappa shape index (κ3) is 7.90. The number of fused-ring (bicyclic) bond motifs is 2. The summed E-state index contributed by atoms with van der Waals surface area (Å²) in [6.07, 6.45) is 2.32. The monoisotopic (exact) mass is 772 g/mol. The maximum atomic E-state index is 14.0. The SMILES string of the molecule is COc1ccc2c(S(=O)(=O)Nc3cc(F)c(Cl)cc3F)c[nH]c2n1.N#Cc1ccc2c(S(=O)(=O)Nc3cc(F)c(OC(F)F)cc3F)c[nH]c2c1. The highest BCUT2D eigenvalue weighted by Gasteiger charge is 2.24. The molecule has 0 atom stereocenters. The highest BCUT2D eigenvalue weighted by Crippen LogP contribution is 2.31. The van der Waals surface area contributed by atoms with Gasteiger partial charge in [0.15, 0.2) is 17.4 Å². The lowest BCUT2D eigenvalue weighted by Crippen LogP contribution is -2.14. The number of sulfonamides is 2. The van der Waals surface area contributed by atoms with Gasteiger partial charge in [-0.05, 0) is 24.3 Å². The van der Waals surface area contributed by atoms with E-state index in [2.05, 4.69) is 19.7 Å². The number of hydrogen-bond donors (Lipinski definition) is 4. The average molecular weight is 773 g/mol. The third-order valence-corrected chi connectivity index (χ3v) is 9.87. The van der Waals surface area contributed by atoms with Gasteiger partial charge in [0.25, 0.3) is 20.0 Å². The summed E-state index contributed by atoms with van der Waals surface area (Å²) in [4.78, 5) is 8.98. The van der Waals surface area contributed by atoms with Crippen LogP contribution in [0.5, 0.6) is 11.6 Å². The van der Waals surface area contributed by atoms with Gasteiger partial charge < -0.3 is 19.4 Å². The molecule has 3 heterocycles. The Kier molecular flexibility index (Phi) is 10.3. The molecule has 0 bridgehead atoms. The van der Waals surface area contributed by atoms with Crippen LogP contribution in [0.4, 0.5) is 37.7 Å². The molecule has 0 fully saturated rings. The Morgan fingerprint density at radius 2 is 1.39 bits per heavy atom. The van der Waals surface area contributed by atoms with Crippen molar-refractivity contribution in [3.63, 3.8) is 0 Å². The van der Waals surface area contributed by atoms with Crippen LogP contribution in [-0.2, 0) is 20.0 Å². The molecule has 51 heavy (non-hydrogen) atoms. The Balaban J connectivity index is 0.000000199. The molecule has 4 N–H and O–H groups in total. The quantitative estimate of drug-likeness (QED) is 0.0894. The number of nitrogens with one attached hydrogen (secondary N) is 4. The Bertz CT molecular complexity index is 2560. The molecule has 0 radical (unpaired) electrons. The topological polar surface area (TPSA) is 179 Å². The number of anilines is 2. The molecule has 3 aromatic heterocycles. The highest BCUT2D eigenvalue weighted by atomic mass is 35.5. The van der Waals surface area contributed by atoms with E-state index in [1.807, 2.05) is 15.5 Å². The molecule has 6 rings (SSSR count). The van der Waals surface area contributed by atoms with Gasteiger partial charge in [-0.1, -0.05) is 17.7 Å². The Labute approximate surface area is 288 Å². The largest absolute Gasteiger partial charge is 0.481 e. The van der Waals surface area contributed by atoms with E-state index >= 15 is 0 Å². The van der Waals surface area contributed by atoms with Crippen LogP contribution in [0, 0.1) is 34.6 Å². The number of alkyl halides is 2. The molecule has 0 aliphatic heterocycles. The van der Waals surface area contributed by atoms with Gasteiger partial charge in [0.05, 0.1) is 35.1 Å². The van der Waals surface area contributed by atoms with Gasteiger partial charge >= 0.3 is 6.61 Å². The van der Waals surface area contributed by atoms with E-state index in [1.54, 1.807) is 0 Å². The summed E-state index contributed by atoms with van der Waals surface area (Å²) in [5.74, 6) is -5.37. The molecule has 21 heteroatoms. The molecule has 3 aromatic carbocycles. The van der Waals surface area contributed by atoms with Crippen LogP contribution in [0.1, 0.15) is 5.56 Å². The minimum atomic E-state index is -4.35. The van der Waals surface area contributed by atoms with Gasteiger partial charge in [0.1, 0.15) is 27.1 Å². The Morgan fingerprint density at radius 1 is 0.804 bits per heavy atom. The molecular weight excluding hydrogens is 754 g/mol. The van der Waals surface area contributed by atoms with Crippen LogP contribution in [0.3, 0.4) is 0 Å². The van der Waals surface area contributed by atoms with E-state index in [-0.39, 0.29) is 26.2 Å². The second-order valence-corrected chi connectivity index (χ2v) is 13.7. The molecule has 0 saturated heterocycles. The van der Waals surface area contributed by atoms with E-state index in [1.165, 1.54) is 43.6 Å². The van der Waals surface area contributed by atoms with Crippen molar-refractivity contribution in [1.82, 2.24) is 15.0 Å². The molecule has 0 unspecified atom stereocenters. The number of nitrogens with zero attached hydrogens (tertiary/aromatic N) is 2. The number of benzene rings is 3. The van der Waals surface area contributed by atoms with Crippen LogP contribution in [-0.4, -0.2) is 45.5 Å². The van der Waals surface area contributed by atoms with Gasteiger partial charge in [-0.2, -0.15) is 19.0 Å². The van der Waals surface area contributed by atoms with E-state index < -0.39 is 72.1 Å². The fraction of sp³-hybridized carbons (Fsp3) is 0.0667. The van der Waals surface area contributed by atoms with E-state index in [0.29, 0.717) is 41.2 Å². The smallest absolute Gasteiger partial charge is 0.387 e. The zero-order valence-corrected chi connectivity index (χ0v) is 27.6. The van der Waals surface area contributed by atoms with Crippen molar-refractivity contribution >= 4 is 65.0 Å². The van der Waals surface area contributed by atoms with Crippen molar-refractivity contribution < 1.29 is 52.7 Å². The van der Waals surface area contributed by atoms with Crippen LogP contribution >= 0.6 is 11.6 Å². The summed E-state index contributed by atoms with van der Waals surface area (Å²) >= 11 is 5.45. The number of rotatable bonds is 9. The standard InChI is InChI=1S/C16H9F4N3O3S.C14H10ClF2N3O3S/c17-10-5-14(26-16(19)20)11(18)4-13(10)23-27(24,25)15-7-22-12-3-8(6-21)1-2-9(12)15;1-23-13-3-2-7-12(6-18-14(7)19-13)24(21,22)20-11-5-9(16)8(15)4-10(11)17/h1-5,7,16,22-23H;2-6,20H,1H3,(H,18,19). The van der Waals surface area contributed by atoms with Crippen molar-refractivity contribution in [2.24, 2.45) is 0 Å². The molecule has 0 aliphatic carbocycles. The van der Waals surface area contributed by atoms with Crippen molar-refractivity contribution in [3.8, 4) is 17.7 Å². The normalized spacial score (nSPS) is 11.6. The number of methoxy groups -OCH3 is 1. The lowest BCUT2D eigenvalue weighted by molar-refractivity contribution is -0.0523. The van der Waals surface area contributed by atoms with Gasteiger partial charge in [0, 0.05) is 52.9 Å². The first-order chi connectivity index (χ1) is 24.0. The summed E-state index contributed by atoms with van der Waals surface area (Å²) in [6, 6.07) is 11.1. The fourth-order valence-electron chi connectivity index (χ4n) is 4.48. The van der Waals surface area contributed by atoms with Crippen LogP contribution in [0.25, 0.3) is 21.9 Å². The first-order valence-electron chi connectivity index (χ1n) is 13.7. The molecule has 0 saturated carbocycles. The third-order valence-electron chi connectivity index (χ3n) is 6.77. The van der Waals surface area contributed by atoms with E-state index in [9.17, 15) is 43.2 Å². The molecular formula is C30H19ClF6N6O6S2. The molecule has 0 spiro atoms. The molecule has 12 nitrogen and oxygen atoms in total. The maximum absolute atomic E-state index is 14.0. The molecule has 266 valence electrons. The van der Waals surface area contributed by atoms with Crippen LogP contribution in [0.2, 0.25) is 5.02 Å². The average Bonchev–Trinajstić information content (AvgIpc) is 3.70. The summed E-state index contributed by atoms with van der Waals surface area (Å²) < 4.78 is 142. The maximum Gasteiger partial charge on any atom is 0.387 e. The predicted molar refractivity (Wildman–Crippen MR) is 172 cm³/mol. The van der Waals surface area contributed by atoms with E-state index in [4.69, 9.17) is 21.6 Å². The summed E-state index contributed by atoms with van der Waals surface area (Å²) in [5, 5.41) is 8.92. The number of halogens is 7. The number of aromatic nitrogens is 3. The summed E-state index contributed by atoms with van der Waals surface area (Å²) in [7, 11) is -7.11. The Hall–Kier alpha value is -5.65. The lowest BCUT2D eigenvalue weighted by Gasteiger charge is -2.11. The van der Waals surface area contributed by atoms with Crippen molar-refractivity contribution in [2.45, 2.75) is 16.4 Å². The fourth-order valence-corrected chi connectivity index (χ4v) is 7.09. The second kappa shape index (κ2) is 14.3. The second-order valence-electron chi connectivity index (χ2n) is 10.0. The van der Waals surface area contributed by atoms with Gasteiger partial charge in [-0.3, -0.25) is 9.44 Å². The number of ether oxygens (including phenoxy) is 2. The Morgan fingerprint density at radius 3 is 2.02 bits per heavy atom. The van der Waals surface area contributed by atoms with Gasteiger partial charge in [-0.25, -0.2) is 34.4 Å². The lowest BCUT2D eigenvalue weighted by atomic mass is 10.2. The number of nitriles is 1.